The number of hydrazine groups is 3. The standard InChI is InChI=1S/C30H43N5O11.C29H40N6O11.C29H40N6O10/c1-19(39)10-12-31-29(44)24-8-4-11-32-35(24)30(45)20(6-5-13-34(46)18-38)14-27(42)23(17-37)33-28(43)21(16-36)15-26(41)22-7-2-3-9-25(22)40;1-17-5-2-8-22(38)25(17)28-33-20(15-46-28)26(42)32-19(14-36)23(39)13-18(6-4-12-34(45)16-37)29(44)35-21(7-3-10-31-35)27(43)30-11-9-24(40)41;1-18(38)10-12-30-27(42)23-8-4-11-31-35(23)29(43)19(6-5-13-34(44)17-37)14-25(40)21(15-36)32-26(41)22-16-45-28(33-22)20-7-2-3-9-24(20)39/h2-3,7,9,18,20-21,23-24,32,36-37,40,46H,4-6,8,10-17H2,1H3,(H,31,44)(H,33,43);2,5,8,16,18-21,31,36,38,45H,3-4,6-7,9-15H2,1H3,(H,30,43)(H,32,42)(H,40,41);2-3,7,9,17,19,21-23,31,36,39,44H,4-6,8,10-16H2,1H3,(H,30,42)(H,32,41)/t20-,21-,23-,24+;18-,19-,20-,21+;19-,21-,22-,23+/m000/s1. The van der Waals surface area contributed by atoms with E-state index in [9.17, 15) is 142 Å². The van der Waals surface area contributed by atoms with E-state index in [0.717, 1.165) is 10.0 Å². The number of aliphatic hydroxyl groups excluding tert-OH is 4. The van der Waals surface area contributed by atoms with Crippen LogP contribution in [0.2, 0.25) is 0 Å². The number of amides is 12. The minimum Gasteiger partial charge on any atom is -0.507 e. The number of benzene rings is 3. The number of phenols is 3. The molecule has 0 unspecified atom stereocenters. The SMILES string of the molecule is CC(=O)CCNC(=O)[C@H]1CCCNN1C(=O)[C@@H](CCCN(O)C=O)CC(=O)[C@H](CO)NC(=O)[C@@H]1COC(c2ccccc2O)=N1.CC(=O)CCNC(=O)[C@H]1CCCNN1C(=O)[C@@H](CCCN(O)C=O)CC(=O)[C@H](CO)NC(=O)[C@H](CO)CC(=O)c1ccccc1O.Cc1cccc(O)c1C1=N[C@H](C(=O)N[C@@H](CO)C(=O)C[C@H](CCCN(O)C=O)C(=O)N2NCCC[C@@H]2C(=O)NCCC(=O)O)CO1. The van der Waals surface area contributed by atoms with E-state index in [1.54, 1.807) is 37.3 Å². The number of carbonyl (C=O) groups is 19. The molecule has 5 aliphatic heterocycles. The number of aliphatic hydroxyl groups is 4. The van der Waals surface area contributed by atoms with Gasteiger partial charge in [0, 0.05) is 115 Å². The lowest BCUT2D eigenvalue weighted by Crippen LogP contribution is -2.60. The van der Waals surface area contributed by atoms with Crippen molar-refractivity contribution in [3.05, 3.63) is 89.0 Å². The molecule has 49 heteroatoms. The Bertz CT molecular complexity index is 4730. The summed E-state index contributed by atoms with van der Waals surface area (Å²) in [5.74, 6) is -14.7. The summed E-state index contributed by atoms with van der Waals surface area (Å²) >= 11 is 0. The van der Waals surface area contributed by atoms with Gasteiger partial charge in [-0.15, -0.1) is 0 Å². The molecule has 3 aromatic carbocycles. The van der Waals surface area contributed by atoms with E-state index < -0.39 is 206 Å². The van der Waals surface area contributed by atoms with E-state index in [-0.39, 0.29) is 188 Å². The molecule has 0 spiro atoms. The fourth-order valence-corrected chi connectivity index (χ4v) is 15.0. The second-order valence-electron chi connectivity index (χ2n) is 32.8. The molecule has 3 fully saturated rings. The van der Waals surface area contributed by atoms with E-state index in [1.807, 2.05) is 0 Å². The molecule has 49 nitrogen and oxygen atoms in total. The number of carboxylic acid groups (broad SMARTS) is 1. The highest BCUT2D eigenvalue weighted by atomic mass is 16.5. The van der Waals surface area contributed by atoms with Crippen molar-refractivity contribution in [3.8, 4) is 17.2 Å². The summed E-state index contributed by atoms with van der Waals surface area (Å²) in [6.07, 6.45) is 1.52. The maximum Gasteiger partial charge on any atom is 0.305 e. The molecule has 0 radical (unpaired) electrons. The number of hydrogen-bond donors (Lipinski definition) is 20. The van der Waals surface area contributed by atoms with Gasteiger partial charge in [0.25, 0.3) is 0 Å². The largest absolute Gasteiger partial charge is 0.507 e. The lowest BCUT2D eigenvalue weighted by molar-refractivity contribution is -0.153. The number of nitrogens with zero attached hydrogens (tertiary/aromatic N) is 8. The lowest BCUT2D eigenvalue weighted by Gasteiger charge is -2.37. The number of carbonyl (C=O) groups excluding carboxylic acids is 18. The number of rotatable bonds is 54. The quantitative estimate of drug-likeness (QED) is 0.0112. The van der Waals surface area contributed by atoms with Crippen molar-refractivity contribution < 1.29 is 157 Å². The highest BCUT2D eigenvalue weighted by Gasteiger charge is 2.43. The third kappa shape index (κ3) is 35.7. The summed E-state index contributed by atoms with van der Waals surface area (Å²) in [5.41, 5.74) is 9.88. The number of ketones is 6. The van der Waals surface area contributed by atoms with E-state index in [0.29, 0.717) is 78.1 Å². The van der Waals surface area contributed by atoms with Crippen LogP contribution in [0.3, 0.4) is 0 Å². The molecule has 0 bridgehead atoms. The molecule has 3 saturated heterocycles. The summed E-state index contributed by atoms with van der Waals surface area (Å²) in [4.78, 5) is 246. The van der Waals surface area contributed by atoms with Crippen LogP contribution in [0.4, 0.5) is 0 Å². The molecular formula is C88H123N17O32. The zero-order chi connectivity index (χ0) is 101. The monoisotopic (exact) mass is 1930 g/mol. The Morgan fingerprint density at radius 2 is 0.832 bits per heavy atom. The zero-order valence-electron chi connectivity index (χ0n) is 76.1. The van der Waals surface area contributed by atoms with Crippen LogP contribution < -0.4 is 48.2 Å². The van der Waals surface area contributed by atoms with Gasteiger partial charge in [-0.05, 0) is 134 Å². The van der Waals surface area contributed by atoms with Gasteiger partial charge in [-0.1, -0.05) is 36.4 Å². The number of ether oxygens (including phenoxy) is 2. The molecule has 5 aliphatic rings. The zero-order valence-corrected chi connectivity index (χ0v) is 76.1. The molecule has 20 N–H and O–H groups in total. The number of aliphatic imine (C=N–C) groups is 2. The molecule has 12 atom stereocenters. The number of carboxylic acids is 1. The van der Waals surface area contributed by atoms with Gasteiger partial charge in [0.2, 0.25) is 84.2 Å². The summed E-state index contributed by atoms with van der Waals surface area (Å²) in [7, 11) is 0. The van der Waals surface area contributed by atoms with Crippen molar-refractivity contribution in [2.45, 2.75) is 191 Å². The number of para-hydroxylation sites is 2. The summed E-state index contributed by atoms with van der Waals surface area (Å²) in [5, 5.41) is 127. The molecule has 0 aliphatic carbocycles. The summed E-state index contributed by atoms with van der Waals surface area (Å²) in [6.45, 7) is 1.69. The van der Waals surface area contributed by atoms with Crippen LogP contribution >= 0.6 is 0 Å². The molecule has 752 valence electrons. The average Bonchev–Trinajstić information content (AvgIpc) is 1.81. The molecule has 5 heterocycles. The number of phenolic OH excluding ortho intramolecular Hbond substituents is 3. The second-order valence-corrected chi connectivity index (χ2v) is 32.8. The number of Topliss-reactive ketones (excluding diaryl/α,β-unsaturated/α-hetero) is 6. The van der Waals surface area contributed by atoms with E-state index in [2.05, 4.69) is 58.2 Å². The Morgan fingerprint density at radius 1 is 0.460 bits per heavy atom. The Hall–Kier alpha value is -13.3. The van der Waals surface area contributed by atoms with Gasteiger partial charge in [-0.3, -0.25) is 122 Å². The number of hydrogen-bond acceptors (Lipinski definition) is 36. The first-order chi connectivity index (χ1) is 65.4. The van der Waals surface area contributed by atoms with Crippen LogP contribution in [-0.2, 0) is 95.8 Å². The predicted octanol–water partition coefficient (Wildman–Crippen LogP) is -3.73. The van der Waals surface area contributed by atoms with E-state index in [1.165, 1.54) is 55.3 Å². The van der Waals surface area contributed by atoms with Gasteiger partial charge in [0.1, 0.15) is 78.3 Å². The van der Waals surface area contributed by atoms with Crippen LogP contribution in [0.25, 0.3) is 0 Å². The van der Waals surface area contributed by atoms with Crippen molar-refractivity contribution in [2.75, 3.05) is 98.5 Å². The Morgan fingerprint density at radius 3 is 1.20 bits per heavy atom. The first kappa shape index (κ1) is 112. The van der Waals surface area contributed by atoms with Crippen LogP contribution in [0.1, 0.15) is 163 Å². The van der Waals surface area contributed by atoms with Crippen LogP contribution in [-0.4, -0.2) is 358 Å². The normalized spacial score (nSPS) is 18.1. The maximum atomic E-state index is 13.7. The fourth-order valence-electron chi connectivity index (χ4n) is 15.0. The third-order valence-electron chi connectivity index (χ3n) is 22.5. The molecule has 0 aromatic heterocycles. The van der Waals surface area contributed by atoms with Crippen molar-refractivity contribution in [1.29, 1.82) is 0 Å². The molecule has 12 amide bonds. The van der Waals surface area contributed by atoms with E-state index >= 15 is 0 Å². The molecule has 137 heavy (non-hydrogen) atoms. The number of hydroxylamine groups is 6. The van der Waals surface area contributed by atoms with Crippen molar-refractivity contribution in [3.63, 3.8) is 0 Å². The van der Waals surface area contributed by atoms with Gasteiger partial charge < -0.3 is 82.2 Å². The number of nitrogens with one attached hydrogen (secondary N) is 9. The predicted molar refractivity (Wildman–Crippen MR) is 474 cm³/mol. The molecule has 3 aromatic rings. The minimum atomic E-state index is -1.51. The highest BCUT2D eigenvalue weighted by Crippen LogP contribution is 2.30. The summed E-state index contributed by atoms with van der Waals surface area (Å²) < 4.78 is 11.0. The first-order valence-corrected chi connectivity index (χ1v) is 44.6. The fraction of sp³-hybridized carbons (Fsp3) is 0.557. The molecule has 0 saturated carbocycles. The van der Waals surface area contributed by atoms with Gasteiger partial charge >= 0.3 is 5.97 Å². The Balaban J connectivity index is 0.000000315. The van der Waals surface area contributed by atoms with Crippen molar-refractivity contribution >= 4 is 125 Å². The molecular weight excluding hydrogens is 1810 g/mol. The van der Waals surface area contributed by atoms with Crippen molar-refractivity contribution in [1.82, 2.24) is 78.4 Å². The van der Waals surface area contributed by atoms with Gasteiger partial charge in [0.05, 0.1) is 55.5 Å². The van der Waals surface area contributed by atoms with E-state index in [4.69, 9.17) is 14.6 Å². The smallest absolute Gasteiger partial charge is 0.305 e. The third-order valence-corrected chi connectivity index (χ3v) is 22.5. The Labute approximate surface area is 786 Å². The minimum absolute atomic E-state index is 0.00284. The first-order valence-electron chi connectivity index (χ1n) is 44.6. The van der Waals surface area contributed by atoms with Crippen LogP contribution in [0.5, 0.6) is 17.2 Å². The van der Waals surface area contributed by atoms with Gasteiger partial charge in [0.15, 0.2) is 35.2 Å². The second kappa shape index (κ2) is 58.2. The highest BCUT2D eigenvalue weighted by molar-refractivity contribution is 6.05. The number of aryl methyl sites for hydroxylation is 1. The molecule has 8 rings (SSSR count). The van der Waals surface area contributed by atoms with Crippen molar-refractivity contribution in [2.24, 2.45) is 33.7 Å². The van der Waals surface area contributed by atoms with Gasteiger partial charge in [-0.2, -0.15) is 0 Å². The number of aliphatic carboxylic acids is 1. The number of aromatic hydroxyl groups is 3. The van der Waals surface area contributed by atoms with Gasteiger partial charge in [-0.25, -0.2) is 41.5 Å². The maximum absolute atomic E-state index is 13.7. The Kier molecular flexibility index (Phi) is 47.8. The van der Waals surface area contributed by atoms with Crippen LogP contribution in [0, 0.1) is 30.6 Å². The summed E-state index contributed by atoms with van der Waals surface area (Å²) in [6, 6.07) is 7.46. The topological polar surface area (TPSA) is 718 Å². The average molecular weight is 1930 g/mol. The van der Waals surface area contributed by atoms with Crippen LogP contribution in [0.15, 0.2) is 76.7 Å². The lowest BCUT2D eigenvalue weighted by atomic mass is 9.91.